The number of rotatable bonds is 4. The van der Waals surface area contributed by atoms with Gasteiger partial charge in [0.05, 0.1) is 25.3 Å². The average Bonchev–Trinajstić information content (AvgIpc) is 2.25. The van der Waals surface area contributed by atoms with Crippen molar-refractivity contribution in [2.24, 2.45) is 5.73 Å². The Bertz CT molecular complexity index is 209. The van der Waals surface area contributed by atoms with Gasteiger partial charge in [0.15, 0.2) is 0 Å². The second-order valence-electron chi connectivity index (χ2n) is 4.20. The number of nitrogens with zero attached hydrogens (tertiary/aromatic N) is 1. The van der Waals surface area contributed by atoms with Gasteiger partial charge >= 0.3 is 0 Å². The van der Waals surface area contributed by atoms with E-state index in [1.165, 1.54) is 0 Å². The van der Waals surface area contributed by atoms with E-state index in [1.807, 2.05) is 11.8 Å². The van der Waals surface area contributed by atoms with Crippen LogP contribution in [0.2, 0.25) is 0 Å². The van der Waals surface area contributed by atoms with E-state index in [0.717, 1.165) is 19.3 Å². The Balaban J connectivity index is 2.43. The molecular formula is C11H22N2O2. The maximum atomic E-state index is 12.0. The first-order valence-electron chi connectivity index (χ1n) is 5.80. The second kappa shape index (κ2) is 6.08. The minimum atomic E-state index is -0.328. The lowest BCUT2D eigenvalue weighted by atomic mass is 10.1. The predicted octanol–water partition coefficient (Wildman–Crippen LogP) is 0.751. The molecule has 0 saturated carbocycles. The van der Waals surface area contributed by atoms with Crippen LogP contribution in [-0.4, -0.2) is 42.6 Å². The van der Waals surface area contributed by atoms with Gasteiger partial charge < -0.3 is 15.4 Å². The summed E-state index contributed by atoms with van der Waals surface area (Å²) in [6.45, 7) is 6.06. The number of morpholine rings is 1. The largest absolute Gasteiger partial charge is 0.377 e. The van der Waals surface area contributed by atoms with Crippen LogP contribution < -0.4 is 5.73 Å². The first-order chi connectivity index (χ1) is 7.16. The van der Waals surface area contributed by atoms with Gasteiger partial charge in [-0.25, -0.2) is 0 Å². The summed E-state index contributed by atoms with van der Waals surface area (Å²) in [5.41, 5.74) is 5.86. The van der Waals surface area contributed by atoms with Gasteiger partial charge in [-0.15, -0.1) is 0 Å². The van der Waals surface area contributed by atoms with E-state index in [1.54, 1.807) is 0 Å². The molecule has 1 rings (SSSR count). The lowest BCUT2D eigenvalue weighted by Crippen LogP contribution is -2.52. The summed E-state index contributed by atoms with van der Waals surface area (Å²) in [5, 5.41) is 0. The van der Waals surface area contributed by atoms with E-state index in [4.69, 9.17) is 10.5 Å². The van der Waals surface area contributed by atoms with Crippen LogP contribution in [0.3, 0.4) is 0 Å². The number of carbonyl (C=O) groups is 1. The highest BCUT2D eigenvalue weighted by Gasteiger charge is 2.27. The molecule has 1 fully saturated rings. The average molecular weight is 214 g/mol. The number of amides is 1. The fraction of sp³-hybridized carbons (Fsp3) is 0.909. The molecule has 0 bridgehead atoms. The molecule has 0 aliphatic carbocycles. The Kier molecular flexibility index (Phi) is 5.05. The summed E-state index contributed by atoms with van der Waals surface area (Å²) in [7, 11) is 0. The maximum Gasteiger partial charge on any atom is 0.239 e. The molecule has 0 aromatic rings. The summed E-state index contributed by atoms with van der Waals surface area (Å²) in [6, 6.07) is -0.163. The van der Waals surface area contributed by atoms with Crippen LogP contribution in [0, 0.1) is 0 Å². The van der Waals surface area contributed by atoms with Gasteiger partial charge in [0.1, 0.15) is 0 Å². The zero-order chi connectivity index (χ0) is 11.3. The van der Waals surface area contributed by atoms with Crippen LogP contribution in [0.5, 0.6) is 0 Å². The van der Waals surface area contributed by atoms with Crippen molar-refractivity contribution >= 4 is 5.91 Å². The van der Waals surface area contributed by atoms with Crippen molar-refractivity contribution in [1.82, 2.24) is 4.90 Å². The fourth-order valence-corrected chi connectivity index (χ4v) is 1.82. The number of unbranched alkanes of at least 4 members (excludes halogenated alkanes) is 1. The fourth-order valence-electron chi connectivity index (χ4n) is 1.82. The molecule has 1 aliphatic heterocycles. The minimum absolute atomic E-state index is 0.0826. The normalized spacial score (nSPS) is 23.9. The second-order valence-corrected chi connectivity index (χ2v) is 4.20. The number of hydrogen-bond acceptors (Lipinski definition) is 3. The molecule has 88 valence electrons. The van der Waals surface area contributed by atoms with Crippen LogP contribution in [0.4, 0.5) is 0 Å². The Morgan fingerprint density at radius 2 is 2.40 bits per heavy atom. The zero-order valence-electron chi connectivity index (χ0n) is 9.74. The molecule has 1 heterocycles. The van der Waals surface area contributed by atoms with Gasteiger partial charge in [-0.3, -0.25) is 4.79 Å². The van der Waals surface area contributed by atoms with Crippen LogP contribution >= 0.6 is 0 Å². The summed E-state index contributed by atoms with van der Waals surface area (Å²) >= 11 is 0. The van der Waals surface area contributed by atoms with Crippen molar-refractivity contribution in [2.75, 3.05) is 19.8 Å². The number of hydrogen-bond donors (Lipinski definition) is 1. The summed E-state index contributed by atoms with van der Waals surface area (Å²) in [5.74, 6) is 0.0826. The summed E-state index contributed by atoms with van der Waals surface area (Å²) in [4.78, 5) is 13.8. The van der Waals surface area contributed by atoms with Crippen molar-refractivity contribution < 1.29 is 9.53 Å². The molecule has 0 aromatic carbocycles. The smallest absolute Gasteiger partial charge is 0.239 e. The highest BCUT2D eigenvalue weighted by Crippen LogP contribution is 2.10. The molecular weight excluding hydrogens is 192 g/mol. The Hall–Kier alpha value is -0.610. The molecule has 1 amide bonds. The minimum Gasteiger partial charge on any atom is -0.377 e. The molecule has 2 atom stereocenters. The summed E-state index contributed by atoms with van der Waals surface area (Å²) in [6.07, 6.45) is 2.89. The van der Waals surface area contributed by atoms with Crippen LogP contribution in [0.15, 0.2) is 0 Å². The van der Waals surface area contributed by atoms with Crippen LogP contribution in [0.1, 0.15) is 33.1 Å². The topological polar surface area (TPSA) is 55.6 Å². The molecule has 0 aromatic heterocycles. The predicted molar refractivity (Wildman–Crippen MR) is 59.5 cm³/mol. The van der Waals surface area contributed by atoms with Gasteiger partial charge in [0.25, 0.3) is 0 Å². The van der Waals surface area contributed by atoms with E-state index < -0.39 is 0 Å². The third-order valence-corrected chi connectivity index (χ3v) is 2.84. The van der Waals surface area contributed by atoms with Crippen molar-refractivity contribution in [3.8, 4) is 0 Å². The standard InChI is InChI=1S/C11H22N2O2/c1-3-4-5-10(12)11(14)13-6-7-15-8-9(13)2/h9-10H,3-8,12H2,1-2H3. The first kappa shape index (κ1) is 12.5. The summed E-state index contributed by atoms with van der Waals surface area (Å²) < 4.78 is 5.29. The van der Waals surface area contributed by atoms with E-state index >= 15 is 0 Å². The monoisotopic (exact) mass is 214 g/mol. The number of carbonyl (C=O) groups excluding carboxylic acids is 1. The Morgan fingerprint density at radius 3 is 3.00 bits per heavy atom. The van der Waals surface area contributed by atoms with Crippen molar-refractivity contribution in [3.63, 3.8) is 0 Å². The lowest BCUT2D eigenvalue weighted by Gasteiger charge is -2.35. The van der Waals surface area contributed by atoms with E-state index in [2.05, 4.69) is 6.92 Å². The lowest BCUT2D eigenvalue weighted by molar-refractivity contribution is -0.140. The SMILES string of the molecule is CCCCC(N)C(=O)N1CCOCC1C. The molecule has 1 saturated heterocycles. The van der Waals surface area contributed by atoms with Gasteiger partial charge in [-0.05, 0) is 13.3 Å². The number of ether oxygens (including phenoxy) is 1. The third-order valence-electron chi connectivity index (χ3n) is 2.84. The zero-order valence-corrected chi connectivity index (χ0v) is 9.74. The first-order valence-corrected chi connectivity index (χ1v) is 5.80. The molecule has 1 aliphatic rings. The van der Waals surface area contributed by atoms with Crippen LogP contribution in [0.25, 0.3) is 0 Å². The van der Waals surface area contributed by atoms with Gasteiger partial charge in [0, 0.05) is 6.54 Å². The van der Waals surface area contributed by atoms with E-state index in [0.29, 0.717) is 19.8 Å². The quantitative estimate of drug-likeness (QED) is 0.751. The molecule has 0 radical (unpaired) electrons. The molecule has 2 unspecified atom stereocenters. The van der Waals surface area contributed by atoms with Gasteiger partial charge in [-0.2, -0.15) is 0 Å². The van der Waals surface area contributed by atoms with E-state index in [-0.39, 0.29) is 18.0 Å². The molecule has 4 heteroatoms. The van der Waals surface area contributed by atoms with E-state index in [9.17, 15) is 4.79 Å². The highest BCUT2D eigenvalue weighted by molar-refractivity contribution is 5.82. The molecule has 4 nitrogen and oxygen atoms in total. The van der Waals surface area contributed by atoms with Crippen molar-refractivity contribution in [2.45, 2.75) is 45.2 Å². The third kappa shape index (κ3) is 3.47. The number of nitrogens with two attached hydrogens (primary N) is 1. The van der Waals surface area contributed by atoms with Crippen molar-refractivity contribution in [3.05, 3.63) is 0 Å². The Morgan fingerprint density at radius 1 is 1.67 bits per heavy atom. The van der Waals surface area contributed by atoms with Crippen LogP contribution in [-0.2, 0) is 9.53 Å². The van der Waals surface area contributed by atoms with Crippen molar-refractivity contribution in [1.29, 1.82) is 0 Å². The molecule has 2 N–H and O–H groups in total. The molecule has 0 spiro atoms. The van der Waals surface area contributed by atoms with Gasteiger partial charge in [-0.1, -0.05) is 19.8 Å². The molecule has 15 heavy (non-hydrogen) atoms. The Labute approximate surface area is 91.8 Å². The highest BCUT2D eigenvalue weighted by atomic mass is 16.5. The van der Waals surface area contributed by atoms with Gasteiger partial charge in [0.2, 0.25) is 5.91 Å². The maximum absolute atomic E-state index is 12.0.